The molecule has 1 rings (SSSR count). The SMILES string of the molecule is C=C1C(Cl)C=C(C)CC(Cl)[C@@H]1C. The molecule has 0 N–H and O–H groups in total. The topological polar surface area (TPSA) is 0 Å². The minimum absolute atomic E-state index is 0.0382. The third kappa shape index (κ3) is 2.05. The maximum atomic E-state index is 6.17. The van der Waals surface area contributed by atoms with E-state index in [1.165, 1.54) is 5.57 Å². The summed E-state index contributed by atoms with van der Waals surface area (Å²) in [7, 11) is 0. The number of hydrogen-bond acceptors (Lipinski definition) is 0. The molecule has 0 radical (unpaired) electrons. The third-order valence-corrected chi connectivity index (χ3v) is 3.37. The molecule has 0 aromatic rings. The van der Waals surface area contributed by atoms with Crippen LogP contribution >= 0.6 is 23.2 Å². The van der Waals surface area contributed by atoms with Gasteiger partial charge in [0, 0.05) is 5.38 Å². The van der Waals surface area contributed by atoms with E-state index in [-0.39, 0.29) is 10.8 Å². The quantitative estimate of drug-likeness (QED) is 0.417. The van der Waals surface area contributed by atoms with Crippen molar-refractivity contribution in [1.82, 2.24) is 0 Å². The molecule has 0 amide bonds. The molecule has 2 unspecified atom stereocenters. The zero-order valence-corrected chi connectivity index (χ0v) is 8.99. The Kier molecular flexibility index (Phi) is 3.25. The fourth-order valence-corrected chi connectivity index (χ4v) is 2.21. The number of hydrogen-bond donors (Lipinski definition) is 0. The maximum absolute atomic E-state index is 6.17. The van der Waals surface area contributed by atoms with Crippen LogP contribution in [0.5, 0.6) is 0 Å². The van der Waals surface area contributed by atoms with Crippen molar-refractivity contribution in [2.75, 3.05) is 0 Å². The van der Waals surface area contributed by atoms with Gasteiger partial charge in [0.2, 0.25) is 0 Å². The van der Waals surface area contributed by atoms with Gasteiger partial charge in [0.15, 0.2) is 0 Å². The van der Waals surface area contributed by atoms with Crippen molar-refractivity contribution >= 4 is 23.2 Å². The van der Waals surface area contributed by atoms with E-state index in [1.54, 1.807) is 0 Å². The average molecular weight is 205 g/mol. The lowest BCUT2D eigenvalue weighted by molar-refractivity contribution is 0.627. The van der Waals surface area contributed by atoms with E-state index in [0.717, 1.165) is 12.0 Å². The Morgan fingerprint density at radius 3 is 2.67 bits per heavy atom. The van der Waals surface area contributed by atoms with Crippen LogP contribution in [0.3, 0.4) is 0 Å². The zero-order chi connectivity index (χ0) is 9.30. The summed E-state index contributed by atoms with van der Waals surface area (Å²) >= 11 is 12.3. The molecule has 2 heteroatoms. The largest absolute Gasteiger partial charge is 0.122 e. The van der Waals surface area contributed by atoms with Crippen molar-refractivity contribution in [2.45, 2.75) is 31.0 Å². The third-order valence-electron chi connectivity index (χ3n) is 2.43. The summed E-state index contributed by atoms with van der Waals surface area (Å²) in [6.07, 6.45) is 2.97. The number of rotatable bonds is 0. The summed E-state index contributed by atoms with van der Waals surface area (Å²) in [6, 6.07) is 0. The van der Waals surface area contributed by atoms with Crippen molar-refractivity contribution in [3.05, 3.63) is 23.8 Å². The minimum atomic E-state index is -0.0382. The summed E-state index contributed by atoms with van der Waals surface area (Å²) in [6.45, 7) is 8.11. The van der Waals surface area contributed by atoms with E-state index in [4.69, 9.17) is 23.2 Å². The molecule has 0 bridgehead atoms. The molecule has 0 nitrogen and oxygen atoms in total. The van der Waals surface area contributed by atoms with Crippen LogP contribution in [0.25, 0.3) is 0 Å². The fraction of sp³-hybridized carbons (Fsp3) is 0.600. The zero-order valence-electron chi connectivity index (χ0n) is 7.48. The first kappa shape index (κ1) is 10.1. The Balaban J connectivity index is 2.87. The van der Waals surface area contributed by atoms with Gasteiger partial charge >= 0.3 is 0 Å². The second-order valence-electron chi connectivity index (χ2n) is 3.50. The highest BCUT2D eigenvalue weighted by Gasteiger charge is 2.24. The summed E-state index contributed by atoms with van der Waals surface area (Å²) in [5, 5.41) is 0.112. The monoisotopic (exact) mass is 204 g/mol. The molecular weight excluding hydrogens is 191 g/mol. The Bertz CT molecular complexity index is 218. The lowest BCUT2D eigenvalue weighted by Gasteiger charge is -2.18. The summed E-state index contributed by atoms with van der Waals surface area (Å²) < 4.78 is 0. The van der Waals surface area contributed by atoms with Crippen LogP contribution in [-0.2, 0) is 0 Å². The molecule has 0 aromatic heterocycles. The average Bonchev–Trinajstić information content (AvgIpc) is 2.05. The van der Waals surface area contributed by atoms with Crippen molar-refractivity contribution in [1.29, 1.82) is 0 Å². The molecule has 0 spiro atoms. The predicted octanol–water partition coefficient (Wildman–Crippen LogP) is 3.74. The van der Waals surface area contributed by atoms with Crippen LogP contribution in [0.15, 0.2) is 23.8 Å². The molecule has 1 aliphatic carbocycles. The maximum Gasteiger partial charge on any atom is 0.0729 e. The van der Waals surface area contributed by atoms with Crippen molar-refractivity contribution in [3.63, 3.8) is 0 Å². The van der Waals surface area contributed by atoms with E-state index in [2.05, 4.69) is 20.4 Å². The summed E-state index contributed by atoms with van der Waals surface area (Å²) in [5.41, 5.74) is 2.30. The first-order valence-corrected chi connectivity index (χ1v) is 5.03. The molecule has 68 valence electrons. The van der Waals surface area contributed by atoms with Gasteiger partial charge in [-0.05, 0) is 19.3 Å². The van der Waals surface area contributed by atoms with Gasteiger partial charge in [-0.3, -0.25) is 0 Å². The second kappa shape index (κ2) is 3.85. The van der Waals surface area contributed by atoms with Crippen LogP contribution in [0.2, 0.25) is 0 Å². The molecule has 3 atom stereocenters. The Labute approximate surface area is 84.2 Å². The van der Waals surface area contributed by atoms with Gasteiger partial charge in [0.25, 0.3) is 0 Å². The van der Waals surface area contributed by atoms with Gasteiger partial charge in [0.05, 0.1) is 5.38 Å². The van der Waals surface area contributed by atoms with E-state index in [0.29, 0.717) is 5.92 Å². The Hall–Kier alpha value is 0.0600. The second-order valence-corrected chi connectivity index (χ2v) is 4.53. The minimum Gasteiger partial charge on any atom is -0.122 e. The van der Waals surface area contributed by atoms with Gasteiger partial charge < -0.3 is 0 Å². The molecule has 1 aliphatic rings. The van der Waals surface area contributed by atoms with E-state index in [1.807, 2.05) is 6.08 Å². The van der Waals surface area contributed by atoms with Gasteiger partial charge in [-0.15, -0.1) is 23.2 Å². The number of alkyl halides is 2. The number of allylic oxidation sites excluding steroid dienone is 3. The van der Waals surface area contributed by atoms with Crippen LogP contribution in [0.4, 0.5) is 0 Å². The molecule has 0 aromatic carbocycles. The number of halogens is 2. The van der Waals surface area contributed by atoms with E-state index in [9.17, 15) is 0 Å². The highest BCUT2D eigenvalue weighted by molar-refractivity contribution is 6.24. The van der Waals surface area contributed by atoms with Crippen LogP contribution in [-0.4, -0.2) is 10.8 Å². The molecule has 0 aliphatic heterocycles. The summed E-state index contributed by atoms with van der Waals surface area (Å²) in [4.78, 5) is 0. The molecule has 0 saturated carbocycles. The highest BCUT2D eigenvalue weighted by Crippen LogP contribution is 2.32. The van der Waals surface area contributed by atoms with E-state index < -0.39 is 0 Å². The lowest BCUT2D eigenvalue weighted by Crippen LogP contribution is -2.15. The first-order chi connectivity index (χ1) is 5.52. The smallest absolute Gasteiger partial charge is 0.0729 e. The van der Waals surface area contributed by atoms with Crippen LogP contribution in [0.1, 0.15) is 20.3 Å². The molecule has 0 heterocycles. The van der Waals surface area contributed by atoms with Crippen LogP contribution in [0, 0.1) is 5.92 Å². The highest BCUT2D eigenvalue weighted by atomic mass is 35.5. The summed E-state index contributed by atoms with van der Waals surface area (Å²) in [5.74, 6) is 0.308. The first-order valence-electron chi connectivity index (χ1n) is 4.16. The van der Waals surface area contributed by atoms with Crippen LogP contribution < -0.4 is 0 Å². The molecule has 12 heavy (non-hydrogen) atoms. The normalized spacial score (nSPS) is 37.5. The van der Waals surface area contributed by atoms with Crippen molar-refractivity contribution in [2.24, 2.45) is 5.92 Å². The van der Waals surface area contributed by atoms with E-state index >= 15 is 0 Å². The Morgan fingerprint density at radius 2 is 2.08 bits per heavy atom. The van der Waals surface area contributed by atoms with Gasteiger partial charge in [0.1, 0.15) is 0 Å². The molecule has 0 saturated heterocycles. The molecule has 0 fully saturated rings. The van der Waals surface area contributed by atoms with Crippen molar-refractivity contribution < 1.29 is 0 Å². The van der Waals surface area contributed by atoms with Gasteiger partial charge in [-0.25, -0.2) is 0 Å². The predicted molar refractivity (Wildman–Crippen MR) is 56.0 cm³/mol. The van der Waals surface area contributed by atoms with Gasteiger partial charge in [-0.2, -0.15) is 0 Å². The fourth-order valence-electron chi connectivity index (χ4n) is 1.39. The lowest BCUT2D eigenvalue weighted by atomic mass is 9.96. The van der Waals surface area contributed by atoms with Crippen molar-refractivity contribution in [3.8, 4) is 0 Å². The van der Waals surface area contributed by atoms with Gasteiger partial charge in [-0.1, -0.05) is 30.7 Å². The molecular formula is C10H14Cl2. The Morgan fingerprint density at radius 1 is 1.50 bits per heavy atom. The standard InChI is InChI=1S/C10H14Cl2/c1-6-4-9(11)7(2)8(3)10(12)5-6/h4,8-10H,2,5H2,1,3H3/t8-,9?,10?/m1/s1.